The van der Waals surface area contributed by atoms with Crippen molar-refractivity contribution in [1.29, 1.82) is 0 Å². The molecule has 0 saturated carbocycles. The predicted octanol–water partition coefficient (Wildman–Crippen LogP) is 4.47. The standard InChI is InChI=1S/C17H15ClO2S/c1-12(17(20)14-5-3-2-4-6-14)21-15-9-7-13(8-10-15)16(19)11-18/h2-10,12H,11H2,1H3. The Hall–Kier alpha value is -1.58. The van der Waals surface area contributed by atoms with Gasteiger partial charge in [-0.25, -0.2) is 0 Å². The van der Waals surface area contributed by atoms with Gasteiger partial charge in [-0.15, -0.1) is 23.4 Å². The number of Topliss-reactive ketones (excluding diaryl/α,β-unsaturated/α-hetero) is 2. The molecule has 2 aromatic rings. The number of ketones is 2. The van der Waals surface area contributed by atoms with Gasteiger partial charge in [0.15, 0.2) is 11.6 Å². The van der Waals surface area contributed by atoms with E-state index in [1.54, 1.807) is 12.1 Å². The SMILES string of the molecule is CC(Sc1ccc(C(=O)CCl)cc1)C(=O)c1ccccc1. The molecule has 21 heavy (non-hydrogen) atoms. The van der Waals surface area contributed by atoms with Gasteiger partial charge in [-0.05, 0) is 19.1 Å². The Bertz CT molecular complexity index is 623. The molecule has 0 amide bonds. The molecule has 0 heterocycles. The molecule has 0 aliphatic carbocycles. The molecule has 2 nitrogen and oxygen atoms in total. The van der Waals surface area contributed by atoms with E-state index in [2.05, 4.69) is 0 Å². The van der Waals surface area contributed by atoms with Gasteiger partial charge in [0.1, 0.15) is 0 Å². The summed E-state index contributed by atoms with van der Waals surface area (Å²) < 4.78 is 0. The summed E-state index contributed by atoms with van der Waals surface area (Å²) in [7, 11) is 0. The molecule has 0 N–H and O–H groups in total. The van der Waals surface area contributed by atoms with Gasteiger partial charge in [-0.1, -0.05) is 42.5 Å². The number of rotatable bonds is 6. The van der Waals surface area contributed by atoms with Crippen molar-refractivity contribution < 1.29 is 9.59 Å². The highest BCUT2D eigenvalue weighted by molar-refractivity contribution is 8.00. The fourth-order valence-corrected chi connectivity index (χ4v) is 2.99. The first-order valence-corrected chi connectivity index (χ1v) is 7.98. The Morgan fingerprint density at radius 3 is 2.19 bits per heavy atom. The maximum absolute atomic E-state index is 12.3. The summed E-state index contributed by atoms with van der Waals surface area (Å²) in [6.07, 6.45) is 0. The van der Waals surface area contributed by atoms with Gasteiger partial charge in [-0.3, -0.25) is 9.59 Å². The van der Waals surface area contributed by atoms with Gasteiger partial charge in [-0.2, -0.15) is 0 Å². The lowest BCUT2D eigenvalue weighted by molar-refractivity contribution is 0.0991. The first kappa shape index (κ1) is 15.8. The second kappa shape index (κ2) is 7.43. The van der Waals surface area contributed by atoms with Gasteiger partial charge < -0.3 is 0 Å². The van der Waals surface area contributed by atoms with Crippen molar-refractivity contribution in [3.05, 3.63) is 65.7 Å². The summed E-state index contributed by atoms with van der Waals surface area (Å²) in [6.45, 7) is 1.89. The molecule has 0 radical (unpaired) electrons. The third kappa shape index (κ3) is 4.19. The van der Waals surface area contributed by atoms with Gasteiger partial charge in [0.25, 0.3) is 0 Å². The highest BCUT2D eigenvalue weighted by Gasteiger charge is 2.16. The molecule has 0 aromatic heterocycles. The number of carbonyl (C=O) groups is 2. The molecule has 2 rings (SSSR count). The molecule has 0 spiro atoms. The van der Waals surface area contributed by atoms with Crippen molar-refractivity contribution >= 4 is 34.9 Å². The van der Waals surface area contributed by atoms with Crippen LogP contribution in [-0.4, -0.2) is 22.7 Å². The zero-order chi connectivity index (χ0) is 15.2. The smallest absolute Gasteiger partial charge is 0.177 e. The van der Waals surface area contributed by atoms with E-state index in [1.807, 2.05) is 49.4 Å². The summed E-state index contributed by atoms with van der Waals surface area (Å²) in [5, 5.41) is -0.179. The first-order valence-electron chi connectivity index (χ1n) is 6.57. The van der Waals surface area contributed by atoms with E-state index >= 15 is 0 Å². The quantitative estimate of drug-likeness (QED) is 0.447. The number of hydrogen-bond donors (Lipinski definition) is 0. The lowest BCUT2D eigenvalue weighted by Gasteiger charge is -2.10. The van der Waals surface area contributed by atoms with E-state index in [0.29, 0.717) is 11.1 Å². The van der Waals surface area contributed by atoms with Crippen molar-refractivity contribution in [2.75, 3.05) is 5.88 Å². The van der Waals surface area contributed by atoms with Crippen LogP contribution >= 0.6 is 23.4 Å². The van der Waals surface area contributed by atoms with Crippen LogP contribution in [0.5, 0.6) is 0 Å². The minimum absolute atomic E-state index is 0.0185. The van der Waals surface area contributed by atoms with Crippen LogP contribution in [-0.2, 0) is 0 Å². The van der Waals surface area contributed by atoms with E-state index in [-0.39, 0.29) is 22.7 Å². The van der Waals surface area contributed by atoms with Crippen molar-refractivity contribution in [2.24, 2.45) is 0 Å². The Morgan fingerprint density at radius 2 is 1.62 bits per heavy atom. The van der Waals surface area contributed by atoms with E-state index < -0.39 is 0 Å². The van der Waals surface area contributed by atoms with Crippen LogP contribution < -0.4 is 0 Å². The van der Waals surface area contributed by atoms with Crippen molar-refractivity contribution in [3.63, 3.8) is 0 Å². The number of carbonyl (C=O) groups excluding carboxylic acids is 2. The van der Waals surface area contributed by atoms with Gasteiger partial charge >= 0.3 is 0 Å². The number of thioether (sulfide) groups is 1. The second-order valence-electron chi connectivity index (χ2n) is 4.57. The lowest BCUT2D eigenvalue weighted by Crippen LogP contribution is -2.13. The number of hydrogen-bond acceptors (Lipinski definition) is 3. The lowest BCUT2D eigenvalue weighted by atomic mass is 10.1. The Kier molecular flexibility index (Phi) is 5.59. The fourth-order valence-electron chi connectivity index (χ4n) is 1.89. The summed E-state index contributed by atoms with van der Waals surface area (Å²) in [5.74, 6) is -0.0156. The average Bonchev–Trinajstić information content (AvgIpc) is 2.55. The molecule has 108 valence electrons. The molecule has 4 heteroatoms. The van der Waals surface area contributed by atoms with E-state index in [1.165, 1.54) is 11.8 Å². The predicted molar refractivity (Wildman–Crippen MR) is 87.6 cm³/mol. The summed E-state index contributed by atoms with van der Waals surface area (Å²) in [4.78, 5) is 24.7. The van der Waals surface area contributed by atoms with Crippen LogP contribution in [0.1, 0.15) is 27.6 Å². The van der Waals surface area contributed by atoms with E-state index in [4.69, 9.17) is 11.6 Å². The fraction of sp³-hybridized carbons (Fsp3) is 0.176. The second-order valence-corrected chi connectivity index (χ2v) is 6.25. The van der Waals surface area contributed by atoms with Crippen molar-refractivity contribution in [2.45, 2.75) is 17.1 Å². The van der Waals surface area contributed by atoms with Crippen molar-refractivity contribution in [1.82, 2.24) is 0 Å². The van der Waals surface area contributed by atoms with Crippen LogP contribution in [0.2, 0.25) is 0 Å². The third-order valence-electron chi connectivity index (χ3n) is 3.04. The van der Waals surface area contributed by atoms with Crippen LogP contribution in [0.15, 0.2) is 59.5 Å². The molecule has 0 bridgehead atoms. The van der Waals surface area contributed by atoms with Gasteiger partial charge in [0.05, 0.1) is 11.1 Å². The molecule has 0 aliphatic rings. The summed E-state index contributed by atoms with van der Waals surface area (Å²) in [5.41, 5.74) is 1.31. The molecule has 0 aliphatic heterocycles. The largest absolute Gasteiger partial charge is 0.293 e. The monoisotopic (exact) mass is 318 g/mol. The molecule has 1 unspecified atom stereocenters. The van der Waals surface area contributed by atoms with Gasteiger partial charge in [0.2, 0.25) is 0 Å². The molecular formula is C17H15ClO2S. The summed E-state index contributed by atoms with van der Waals surface area (Å²) >= 11 is 7.00. The topological polar surface area (TPSA) is 34.1 Å². The minimum atomic E-state index is -0.179. The zero-order valence-corrected chi connectivity index (χ0v) is 13.2. The minimum Gasteiger partial charge on any atom is -0.293 e. The van der Waals surface area contributed by atoms with Gasteiger partial charge in [0, 0.05) is 16.0 Å². The molecule has 0 fully saturated rings. The number of benzene rings is 2. The highest BCUT2D eigenvalue weighted by atomic mass is 35.5. The Labute approximate surface area is 133 Å². The number of alkyl halides is 1. The highest BCUT2D eigenvalue weighted by Crippen LogP contribution is 2.26. The van der Waals surface area contributed by atoms with Crippen LogP contribution in [0.3, 0.4) is 0 Å². The van der Waals surface area contributed by atoms with Crippen LogP contribution in [0, 0.1) is 0 Å². The molecular weight excluding hydrogens is 304 g/mol. The van der Waals surface area contributed by atoms with Crippen LogP contribution in [0.4, 0.5) is 0 Å². The van der Waals surface area contributed by atoms with Crippen molar-refractivity contribution in [3.8, 4) is 0 Å². The number of halogens is 1. The third-order valence-corrected chi connectivity index (χ3v) is 4.39. The molecule has 1 atom stereocenters. The van der Waals surface area contributed by atoms with Crippen LogP contribution in [0.25, 0.3) is 0 Å². The normalized spacial score (nSPS) is 11.9. The van der Waals surface area contributed by atoms with E-state index in [0.717, 1.165) is 4.90 Å². The maximum Gasteiger partial charge on any atom is 0.177 e. The van der Waals surface area contributed by atoms with E-state index in [9.17, 15) is 9.59 Å². The molecule has 2 aromatic carbocycles. The zero-order valence-electron chi connectivity index (χ0n) is 11.6. The maximum atomic E-state index is 12.3. The summed E-state index contributed by atoms with van der Waals surface area (Å²) in [6, 6.07) is 16.4. The first-order chi connectivity index (χ1) is 10.1. The molecule has 0 saturated heterocycles. The Morgan fingerprint density at radius 1 is 1.00 bits per heavy atom. The average molecular weight is 319 g/mol. The Balaban J connectivity index is 2.04.